The third-order valence-electron chi connectivity index (χ3n) is 4.17. The van der Waals surface area contributed by atoms with Gasteiger partial charge in [-0.1, -0.05) is 29.3 Å². The molecular formula is C16H18Cl2N4O3. The molecule has 0 aliphatic carbocycles. The van der Waals surface area contributed by atoms with Gasteiger partial charge in [0.15, 0.2) is 5.82 Å². The van der Waals surface area contributed by atoms with E-state index < -0.39 is 6.09 Å². The van der Waals surface area contributed by atoms with Crippen molar-refractivity contribution in [3.63, 3.8) is 0 Å². The van der Waals surface area contributed by atoms with Gasteiger partial charge in [0.05, 0.1) is 22.8 Å². The van der Waals surface area contributed by atoms with Crippen LogP contribution in [0.1, 0.15) is 23.3 Å². The van der Waals surface area contributed by atoms with Crippen LogP contribution in [0.3, 0.4) is 0 Å². The van der Waals surface area contributed by atoms with Crippen LogP contribution in [0.5, 0.6) is 0 Å². The molecule has 0 unspecified atom stereocenters. The van der Waals surface area contributed by atoms with Crippen molar-refractivity contribution in [2.75, 3.05) is 19.7 Å². The van der Waals surface area contributed by atoms with E-state index in [9.17, 15) is 9.90 Å². The average Bonchev–Trinajstić information content (AvgIpc) is 2.85. The zero-order valence-corrected chi connectivity index (χ0v) is 15.1. The van der Waals surface area contributed by atoms with Gasteiger partial charge < -0.3 is 14.7 Å². The summed E-state index contributed by atoms with van der Waals surface area (Å²) in [6.07, 6.45) is -0.800. The van der Waals surface area contributed by atoms with Crippen molar-refractivity contribution in [2.24, 2.45) is 5.92 Å². The van der Waals surface area contributed by atoms with E-state index in [4.69, 9.17) is 27.9 Å². The van der Waals surface area contributed by atoms with Crippen LogP contribution in [0.4, 0.5) is 4.79 Å². The first kappa shape index (κ1) is 18.0. The standard InChI is InChI=1S/C16H18Cl2N4O3/c1-9-19-14(21-20-9)7-11-8-22(16(23)24)4-5-25-15(11)10-2-3-12(17)13(18)6-10/h2-3,6,11,15H,4-5,7-8H2,1H3,(H,23,24)(H,19,20,21)/t11-,15+/m1/s1. The monoisotopic (exact) mass is 384 g/mol. The number of amides is 1. The number of aromatic nitrogens is 3. The molecule has 2 atom stereocenters. The predicted octanol–water partition coefficient (Wildman–Crippen LogP) is 3.33. The van der Waals surface area contributed by atoms with Crippen molar-refractivity contribution in [2.45, 2.75) is 19.4 Å². The Labute approximate surface area is 154 Å². The lowest BCUT2D eigenvalue weighted by Gasteiger charge is -2.26. The minimum atomic E-state index is -0.963. The van der Waals surface area contributed by atoms with Gasteiger partial charge in [-0.3, -0.25) is 5.10 Å². The zero-order valence-electron chi connectivity index (χ0n) is 13.6. The number of nitrogens with zero attached hydrogens (tertiary/aromatic N) is 3. The van der Waals surface area contributed by atoms with Crippen molar-refractivity contribution in [3.05, 3.63) is 45.5 Å². The highest BCUT2D eigenvalue weighted by Crippen LogP contribution is 2.34. The molecule has 0 radical (unpaired) electrons. The number of hydrogen-bond acceptors (Lipinski definition) is 4. The van der Waals surface area contributed by atoms with Gasteiger partial charge in [0, 0.05) is 25.4 Å². The molecule has 1 aromatic heterocycles. The molecule has 0 bridgehead atoms. The number of aromatic amines is 1. The first-order valence-corrected chi connectivity index (χ1v) is 8.62. The maximum Gasteiger partial charge on any atom is 0.407 e. The fraction of sp³-hybridized carbons (Fsp3) is 0.438. The minimum Gasteiger partial charge on any atom is -0.465 e. The van der Waals surface area contributed by atoms with Crippen LogP contribution < -0.4 is 0 Å². The molecule has 3 rings (SSSR count). The second-order valence-corrected chi connectivity index (χ2v) is 6.81. The number of hydrogen-bond donors (Lipinski definition) is 2. The topological polar surface area (TPSA) is 91.3 Å². The summed E-state index contributed by atoms with van der Waals surface area (Å²) in [5, 5.41) is 17.3. The molecule has 25 heavy (non-hydrogen) atoms. The lowest BCUT2D eigenvalue weighted by atomic mass is 9.92. The fourth-order valence-electron chi connectivity index (χ4n) is 3.01. The maximum atomic E-state index is 11.4. The SMILES string of the molecule is Cc1nc(C[C@@H]2CN(C(=O)O)CCO[C@H]2c2ccc(Cl)c(Cl)c2)n[nH]1. The highest BCUT2D eigenvalue weighted by molar-refractivity contribution is 6.42. The van der Waals surface area contributed by atoms with E-state index in [1.165, 1.54) is 4.90 Å². The van der Waals surface area contributed by atoms with Gasteiger partial charge in [-0.15, -0.1) is 0 Å². The van der Waals surface area contributed by atoms with E-state index in [2.05, 4.69) is 15.2 Å². The minimum absolute atomic E-state index is 0.147. The first-order chi connectivity index (χ1) is 11.9. The number of aryl methyl sites for hydroxylation is 1. The largest absolute Gasteiger partial charge is 0.465 e. The number of nitrogens with one attached hydrogen (secondary N) is 1. The molecule has 1 aliphatic rings. The van der Waals surface area contributed by atoms with E-state index in [0.717, 1.165) is 5.56 Å². The normalized spacial score (nSPS) is 21.2. The van der Waals surface area contributed by atoms with Gasteiger partial charge in [-0.25, -0.2) is 9.78 Å². The summed E-state index contributed by atoms with van der Waals surface area (Å²) in [6.45, 7) is 2.77. The summed E-state index contributed by atoms with van der Waals surface area (Å²) in [4.78, 5) is 17.1. The number of H-pyrrole nitrogens is 1. The fourth-order valence-corrected chi connectivity index (χ4v) is 3.32. The Hall–Kier alpha value is -1.83. The number of carboxylic acid groups (broad SMARTS) is 1. The van der Waals surface area contributed by atoms with Crippen LogP contribution in [-0.4, -0.2) is 51.0 Å². The molecule has 0 spiro atoms. The Morgan fingerprint density at radius 3 is 2.88 bits per heavy atom. The third kappa shape index (κ3) is 4.23. The van der Waals surface area contributed by atoms with Crippen molar-refractivity contribution in [3.8, 4) is 0 Å². The summed E-state index contributed by atoms with van der Waals surface area (Å²) in [5.41, 5.74) is 0.860. The van der Waals surface area contributed by atoms with Crippen LogP contribution in [0, 0.1) is 12.8 Å². The first-order valence-electron chi connectivity index (χ1n) is 7.86. The molecule has 1 amide bonds. The molecule has 1 saturated heterocycles. The van der Waals surface area contributed by atoms with E-state index in [-0.39, 0.29) is 12.0 Å². The molecule has 1 fully saturated rings. The predicted molar refractivity (Wildman–Crippen MR) is 93.1 cm³/mol. The van der Waals surface area contributed by atoms with Gasteiger partial charge in [0.1, 0.15) is 5.82 Å². The van der Waals surface area contributed by atoms with Gasteiger partial charge >= 0.3 is 6.09 Å². The van der Waals surface area contributed by atoms with E-state index in [1.807, 2.05) is 13.0 Å². The molecule has 1 aromatic carbocycles. The summed E-state index contributed by atoms with van der Waals surface area (Å²) in [7, 11) is 0. The number of benzene rings is 1. The Kier molecular flexibility index (Phi) is 5.46. The van der Waals surface area contributed by atoms with Gasteiger partial charge in [0.25, 0.3) is 0 Å². The summed E-state index contributed by atoms with van der Waals surface area (Å²) in [5.74, 6) is 1.19. The van der Waals surface area contributed by atoms with Crippen molar-refractivity contribution >= 4 is 29.3 Å². The van der Waals surface area contributed by atoms with Crippen molar-refractivity contribution < 1.29 is 14.6 Å². The molecule has 134 valence electrons. The van der Waals surface area contributed by atoms with Crippen LogP contribution in [0.25, 0.3) is 0 Å². The molecule has 2 heterocycles. The number of rotatable bonds is 3. The van der Waals surface area contributed by atoms with Crippen molar-refractivity contribution in [1.82, 2.24) is 20.1 Å². The Morgan fingerprint density at radius 1 is 1.44 bits per heavy atom. The highest BCUT2D eigenvalue weighted by Gasteiger charge is 2.32. The highest BCUT2D eigenvalue weighted by atomic mass is 35.5. The Balaban J connectivity index is 1.91. The summed E-state index contributed by atoms with van der Waals surface area (Å²) in [6, 6.07) is 5.34. The molecule has 7 nitrogen and oxygen atoms in total. The zero-order chi connectivity index (χ0) is 18.0. The Bertz CT molecular complexity index is 768. The van der Waals surface area contributed by atoms with E-state index in [0.29, 0.717) is 47.8 Å². The second kappa shape index (κ2) is 7.59. The van der Waals surface area contributed by atoms with Crippen LogP contribution in [0.2, 0.25) is 10.0 Å². The smallest absolute Gasteiger partial charge is 0.407 e. The van der Waals surface area contributed by atoms with Crippen LogP contribution in [-0.2, 0) is 11.2 Å². The number of halogens is 2. The van der Waals surface area contributed by atoms with Crippen molar-refractivity contribution in [1.29, 1.82) is 0 Å². The second-order valence-electron chi connectivity index (χ2n) is 5.99. The summed E-state index contributed by atoms with van der Waals surface area (Å²) < 4.78 is 5.98. The molecule has 9 heteroatoms. The summed E-state index contributed by atoms with van der Waals surface area (Å²) >= 11 is 12.1. The molecular weight excluding hydrogens is 367 g/mol. The van der Waals surface area contributed by atoms with E-state index >= 15 is 0 Å². The van der Waals surface area contributed by atoms with Gasteiger partial charge in [-0.05, 0) is 24.6 Å². The third-order valence-corrected chi connectivity index (χ3v) is 4.91. The average molecular weight is 385 g/mol. The molecule has 2 N–H and O–H groups in total. The number of carbonyl (C=O) groups is 1. The van der Waals surface area contributed by atoms with Crippen LogP contribution >= 0.6 is 23.2 Å². The maximum absolute atomic E-state index is 11.4. The molecule has 0 saturated carbocycles. The van der Waals surface area contributed by atoms with E-state index in [1.54, 1.807) is 12.1 Å². The molecule has 1 aliphatic heterocycles. The quantitative estimate of drug-likeness (QED) is 0.846. The molecule has 2 aromatic rings. The number of ether oxygens (including phenoxy) is 1. The van der Waals surface area contributed by atoms with Gasteiger partial charge in [0.2, 0.25) is 0 Å². The van der Waals surface area contributed by atoms with Gasteiger partial charge in [-0.2, -0.15) is 5.10 Å². The lowest BCUT2D eigenvalue weighted by Crippen LogP contribution is -2.35. The lowest BCUT2D eigenvalue weighted by molar-refractivity contribution is 0.0301. The Morgan fingerprint density at radius 2 is 2.24 bits per heavy atom. The van der Waals surface area contributed by atoms with Crippen LogP contribution in [0.15, 0.2) is 18.2 Å².